The molecule has 2 atom stereocenters. The first-order valence-electron chi connectivity index (χ1n) is 7.64. The molecule has 0 aliphatic carbocycles. The predicted molar refractivity (Wildman–Crippen MR) is 77.4 cm³/mol. The van der Waals surface area contributed by atoms with Gasteiger partial charge < -0.3 is 19.9 Å². The molecule has 3 rings (SSSR count). The van der Waals surface area contributed by atoms with E-state index in [9.17, 15) is 4.79 Å². The van der Waals surface area contributed by atoms with Crippen molar-refractivity contribution in [3.8, 4) is 0 Å². The van der Waals surface area contributed by atoms with Gasteiger partial charge in [0.1, 0.15) is 0 Å². The third kappa shape index (κ3) is 2.28. The lowest BCUT2D eigenvalue weighted by Gasteiger charge is -2.51. The summed E-state index contributed by atoms with van der Waals surface area (Å²) in [5.41, 5.74) is 0.746. The van der Waals surface area contributed by atoms with Gasteiger partial charge in [-0.3, -0.25) is 0 Å². The van der Waals surface area contributed by atoms with Gasteiger partial charge in [0.05, 0.1) is 18.2 Å². The molecular weight excluding hydrogens is 254 g/mol. The Morgan fingerprint density at radius 1 is 1.45 bits per heavy atom. The number of morpholine rings is 1. The summed E-state index contributed by atoms with van der Waals surface area (Å²) in [4.78, 5) is 16.4. The maximum Gasteiger partial charge on any atom is 0.320 e. The number of carbonyl (C=O) groups is 1. The molecule has 3 heterocycles. The number of hydrogen-bond acceptors (Lipinski definition) is 3. The van der Waals surface area contributed by atoms with Crippen molar-refractivity contribution in [2.24, 2.45) is 5.92 Å². The van der Waals surface area contributed by atoms with E-state index in [2.05, 4.69) is 25.7 Å². The molecule has 3 saturated heterocycles. The number of likely N-dealkylation sites (tertiary alicyclic amines) is 2. The van der Waals surface area contributed by atoms with Crippen molar-refractivity contribution in [1.29, 1.82) is 0 Å². The SMILES string of the molecule is C=C1CO[C@@]2(C)CCN(C(=O)N3CC(CC)C3)C[C@H]2N1. The smallest absolute Gasteiger partial charge is 0.320 e. The number of fused-ring (bicyclic) bond motifs is 1. The highest BCUT2D eigenvalue weighted by Crippen LogP contribution is 2.31. The second-order valence-electron chi connectivity index (χ2n) is 6.56. The van der Waals surface area contributed by atoms with Crippen molar-refractivity contribution in [3.63, 3.8) is 0 Å². The number of nitrogens with zero attached hydrogens (tertiary/aromatic N) is 2. The van der Waals surface area contributed by atoms with E-state index >= 15 is 0 Å². The van der Waals surface area contributed by atoms with Crippen LogP contribution in [0.1, 0.15) is 26.7 Å². The standard InChI is InChI=1S/C15H25N3O2/c1-4-12-7-18(8-12)14(19)17-6-5-15(3)13(9-17)16-11(2)10-20-15/h12-13,16H,2,4-10H2,1,3H3/t13-,15+/m1/s1. The highest BCUT2D eigenvalue weighted by atomic mass is 16.5. The molecule has 5 nitrogen and oxygen atoms in total. The summed E-state index contributed by atoms with van der Waals surface area (Å²) >= 11 is 0. The van der Waals surface area contributed by atoms with Crippen LogP contribution in [-0.2, 0) is 4.74 Å². The third-order valence-corrected chi connectivity index (χ3v) is 5.05. The van der Waals surface area contributed by atoms with E-state index in [4.69, 9.17) is 4.74 Å². The lowest BCUT2D eigenvalue weighted by atomic mass is 9.86. The van der Waals surface area contributed by atoms with Crippen LogP contribution in [0, 0.1) is 5.92 Å². The van der Waals surface area contributed by atoms with E-state index in [0.29, 0.717) is 19.1 Å². The highest BCUT2D eigenvalue weighted by molar-refractivity contribution is 5.75. The first-order valence-corrected chi connectivity index (χ1v) is 7.64. The minimum Gasteiger partial charge on any atom is -0.380 e. The molecular formula is C15H25N3O2. The number of ether oxygens (including phenoxy) is 1. The Labute approximate surface area is 120 Å². The molecule has 0 bridgehead atoms. The van der Waals surface area contributed by atoms with E-state index in [1.165, 1.54) is 6.42 Å². The van der Waals surface area contributed by atoms with Gasteiger partial charge in [-0.1, -0.05) is 13.5 Å². The van der Waals surface area contributed by atoms with Gasteiger partial charge in [0.2, 0.25) is 0 Å². The van der Waals surface area contributed by atoms with Crippen LogP contribution in [0.25, 0.3) is 0 Å². The maximum atomic E-state index is 12.5. The van der Waals surface area contributed by atoms with Gasteiger partial charge in [0.25, 0.3) is 0 Å². The van der Waals surface area contributed by atoms with Gasteiger partial charge in [-0.15, -0.1) is 0 Å². The Kier molecular flexibility index (Phi) is 3.40. The number of amides is 2. The molecule has 0 aromatic rings. The van der Waals surface area contributed by atoms with Crippen molar-refractivity contribution < 1.29 is 9.53 Å². The molecule has 3 fully saturated rings. The van der Waals surface area contributed by atoms with Gasteiger partial charge >= 0.3 is 6.03 Å². The summed E-state index contributed by atoms with van der Waals surface area (Å²) in [7, 11) is 0. The van der Waals surface area contributed by atoms with Crippen LogP contribution in [0.3, 0.4) is 0 Å². The van der Waals surface area contributed by atoms with Crippen molar-refractivity contribution in [3.05, 3.63) is 12.3 Å². The van der Waals surface area contributed by atoms with E-state index in [0.717, 1.165) is 31.8 Å². The second kappa shape index (κ2) is 4.95. The molecule has 5 heteroatoms. The second-order valence-corrected chi connectivity index (χ2v) is 6.56. The molecule has 2 amide bonds. The molecule has 20 heavy (non-hydrogen) atoms. The Bertz CT molecular complexity index is 419. The molecule has 0 spiro atoms. The molecule has 1 N–H and O–H groups in total. The Hall–Kier alpha value is -1.23. The lowest BCUT2D eigenvalue weighted by Crippen LogP contribution is -2.66. The van der Waals surface area contributed by atoms with Gasteiger partial charge in [0, 0.05) is 31.9 Å². The maximum absolute atomic E-state index is 12.5. The van der Waals surface area contributed by atoms with Gasteiger partial charge in [-0.2, -0.15) is 0 Å². The summed E-state index contributed by atoms with van der Waals surface area (Å²) in [6.45, 7) is 12.2. The zero-order valence-electron chi connectivity index (χ0n) is 12.5. The third-order valence-electron chi connectivity index (χ3n) is 5.05. The molecule has 0 radical (unpaired) electrons. The summed E-state index contributed by atoms with van der Waals surface area (Å²) in [5, 5.41) is 3.41. The highest BCUT2D eigenvalue weighted by Gasteiger charge is 2.45. The summed E-state index contributed by atoms with van der Waals surface area (Å²) in [6, 6.07) is 0.347. The van der Waals surface area contributed by atoms with Crippen LogP contribution in [0.4, 0.5) is 4.79 Å². The Balaban J connectivity index is 1.60. The minimum absolute atomic E-state index is 0.157. The Morgan fingerprint density at radius 3 is 2.90 bits per heavy atom. The summed E-state index contributed by atoms with van der Waals surface area (Å²) < 4.78 is 5.93. The first-order chi connectivity index (χ1) is 9.51. The van der Waals surface area contributed by atoms with Crippen molar-refractivity contribution in [1.82, 2.24) is 15.1 Å². The van der Waals surface area contributed by atoms with E-state index in [1.54, 1.807) is 0 Å². The lowest BCUT2D eigenvalue weighted by molar-refractivity contribution is -0.0997. The fourth-order valence-corrected chi connectivity index (χ4v) is 3.31. The monoisotopic (exact) mass is 279 g/mol. The van der Waals surface area contributed by atoms with Gasteiger partial charge in [-0.25, -0.2) is 4.79 Å². The molecule has 3 aliphatic heterocycles. The summed E-state index contributed by atoms with van der Waals surface area (Å²) in [6.07, 6.45) is 2.05. The molecule has 0 aromatic carbocycles. The topological polar surface area (TPSA) is 44.8 Å². The number of rotatable bonds is 1. The molecule has 0 unspecified atom stereocenters. The predicted octanol–water partition coefficient (Wildman–Crippen LogP) is 1.41. The van der Waals surface area contributed by atoms with Crippen LogP contribution in [-0.4, -0.2) is 60.3 Å². The average Bonchev–Trinajstić information content (AvgIpc) is 2.37. The molecule has 3 aliphatic rings. The van der Waals surface area contributed by atoms with Gasteiger partial charge in [-0.05, 0) is 25.7 Å². The summed E-state index contributed by atoms with van der Waals surface area (Å²) in [5.74, 6) is 0.699. The first kappa shape index (κ1) is 13.7. The van der Waals surface area contributed by atoms with E-state index < -0.39 is 0 Å². The van der Waals surface area contributed by atoms with Crippen LogP contribution in [0.5, 0.6) is 0 Å². The van der Waals surface area contributed by atoms with Crippen LogP contribution >= 0.6 is 0 Å². The molecule has 0 saturated carbocycles. The fourth-order valence-electron chi connectivity index (χ4n) is 3.31. The quantitative estimate of drug-likeness (QED) is 0.789. The number of urea groups is 1. The number of piperidine rings is 1. The zero-order valence-corrected chi connectivity index (χ0v) is 12.5. The molecule has 0 aromatic heterocycles. The number of nitrogens with one attached hydrogen (secondary N) is 1. The normalized spacial score (nSPS) is 34.3. The zero-order chi connectivity index (χ0) is 14.3. The van der Waals surface area contributed by atoms with Gasteiger partial charge in [0.15, 0.2) is 0 Å². The number of hydrogen-bond donors (Lipinski definition) is 1. The fraction of sp³-hybridized carbons (Fsp3) is 0.800. The van der Waals surface area contributed by atoms with Crippen molar-refractivity contribution in [2.75, 3.05) is 32.8 Å². The largest absolute Gasteiger partial charge is 0.380 e. The van der Waals surface area contributed by atoms with Crippen LogP contribution in [0.2, 0.25) is 0 Å². The van der Waals surface area contributed by atoms with E-state index in [-0.39, 0.29) is 17.7 Å². The van der Waals surface area contributed by atoms with Crippen LogP contribution in [0.15, 0.2) is 12.3 Å². The minimum atomic E-state index is -0.168. The van der Waals surface area contributed by atoms with Crippen LogP contribution < -0.4 is 5.32 Å². The number of carbonyl (C=O) groups excluding carboxylic acids is 1. The van der Waals surface area contributed by atoms with E-state index in [1.807, 2.05) is 9.80 Å². The average molecular weight is 279 g/mol. The van der Waals surface area contributed by atoms with Crippen molar-refractivity contribution in [2.45, 2.75) is 38.3 Å². The Morgan fingerprint density at radius 2 is 2.20 bits per heavy atom. The molecule has 112 valence electrons. The van der Waals surface area contributed by atoms with Crippen molar-refractivity contribution >= 4 is 6.03 Å².